The van der Waals surface area contributed by atoms with Gasteiger partial charge in [0.25, 0.3) is 5.91 Å². The fourth-order valence-electron chi connectivity index (χ4n) is 1.01. The lowest BCUT2D eigenvalue weighted by atomic mass is 10.2. The number of hydrogen-bond acceptors (Lipinski definition) is 4. The number of pyridine rings is 1. The number of primary amides is 1. The summed E-state index contributed by atoms with van der Waals surface area (Å²) >= 11 is 0. The van der Waals surface area contributed by atoms with Crippen molar-refractivity contribution in [2.24, 2.45) is 11.5 Å². The summed E-state index contributed by atoms with van der Waals surface area (Å²) in [6.45, 7) is 0.0517. The van der Waals surface area contributed by atoms with Crippen molar-refractivity contribution >= 4 is 11.8 Å². The third kappa shape index (κ3) is 4.32. The second-order valence-corrected chi connectivity index (χ2v) is 3.09. The molecule has 1 aromatic rings. The molecule has 0 aliphatic rings. The van der Waals surface area contributed by atoms with E-state index >= 15 is 0 Å². The predicted octanol–water partition coefficient (Wildman–Crippen LogP) is -1.39. The third-order valence-corrected chi connectivity index (χ3v) is 1.75. The van der Waals surface area contributed by atoms with Crippen LogP contribution >= 0.6 is 0 Å². The van der Waals surface area contributed by atoms with Gasteiger partial charge in [-0.1, -0.05) is 11.8 Å². The summed E-state index contributed by atoms with van der Waals surface area (Å²) < 4.78 is 0. The Bertz CT molecular complexity index is 470. The van der Waals surface area contributed by atoms with Crippen molar-refractivity contribution in [3.63, 3.8) is 0 Å². The zero-order valence-electron chi connectivity index (χ0n) is 9.06. The lowest BCUT2D eigenvalue weighted by molar-refractivity contribution is -0.117. The molecule has 1 heterocycles. The standard InChI is InChI=1S/C11H12N4O2/c12-5-1-2-8-3-4-9(14-6-8)11(17)15-7-10(13)16/h3-4,6H,5,7,12H2,(H2,13,16)(H,15,17). The molecule has 0 atom stereocenters. The van der Waals surface area contributed by atoms with E-state index in [0.717, 1.165) is 0 Å². The van der Waals surface area contributed by atoms with Gasteiger partial charge >= 0.3 is 0 Å². The van der Waals surface area contributed by atoms with Crippen molar-refractivity contribution in [2.75, 3.05) is 13.1 Å². The molecule has 6 heteroatoms. The second-order valence-electron chi connectivity index (χ2n) is 3.09. The van der Waals surface area contributed by atoms with Crippen molar-refractivity contribution in [3.8, 4) is 11.8 Å². The van der Waals surface area contributed by atoms with Crippen molar-refractivity contribution in [3.05, 3.63) is 29.6 Å². The summed E-state index contributed by atoms with van der Waals surface area (Å²) in [5, 5.41) is 2.33. The average Bonchev–Trinajstić information content (AvgIpc) is 2.34. The second kappa shape index (κ2) is 6.25. The summed E-state index contributed by atoms with van der Waals surface area (Å²) in [5.74, 6) is 4.38. The highest BCUT2D eigenvalue weighted by Gasteiger charge is 2.06. The Labute approximate surface area is 98.4 Å². The first kappa shape index (κ1) is 12.7. The molecule has 0 bridgehead atoms. The molecule has 0 aromatic carbocycles. The van der Waals surface area contributed by atoms with E-state index in [0.29, 0.717) is 5.56 Å². The Hall–Kier alpha value is -2.39. The Morgan fingerprint density at radius 2 is 2.18 bits per heavy atom. The number of amides is 2. The van der Waals surface area contributed by atoms with Gasteiger partial charge in [0, 0.05) is 11.8 Å². The van der Waals surface area contributed by atoms with Crippen LogP contribution in [0.2, 0.25) is 0 Å². The number of carbonyl (C=O) groups excluding carboxylic acids is 2. The predicted molar refractivity (Wildman–Crippen MR) is 61.7 cm³/mol. The minimum Gasteiger partial charge on any atom is -0.368 e. The van der Waals surface area contributed by atoms with Crippen LogP contribution in [0.1, 0.15) is 16.1 Å². The molecule has 6 nitrogen and oxygen atoms in total. The van der Waals surface area contributed by atoms with E-state index in [4.69, 9.17) is 11.5 Å². The Morgan fingerprint density at radius 3 is 2.71 bits per heavy atom. The van der Waals surface area contributed by atoms with Crippen LogP contribution in [0.4, 0.5) is 0 Å². The highest BCUT2D eigenvalue weighted by atomic mass is 16.2. The number of hydrogen-bond donors (Lipinski definition) is 3. The Kier molecular flexibility index (Phi) is 4.66. The van der Waals surface area contributed by atoms with Gasteiger partial charge in [-0.3, -0.25) is 9.59 Å². The molecule has 0 spiro atoms. The fraction of sp³-hybridized carbons (Fsp3) is 0.182. The highest BCUT2D eigenvalue weighted by molar-refractivity contribution is 5.94. The van der Waals surface area contributed by atoms with Gasteiger partial charge in [0.2, 0.25) is 5.91 Å². The van der Waals surface area contributed by atoms with Gasteiger partial charge in [-0.25, -0.2) is 4.98 Å². The first-order valence-corrected chi connectivity index (χ1v) is 4.85. The van der Waals surface area contributed by atoms with Crippen LogP contribution in [0.5, 0.6) is 0 Å². The number of rotatable bonds is 3. The molecule has 0 saturated carbocycles. The van der Waals surface area contributed by atoms with Gasteiger partial charge in [-0.2, -0.15) is 0 Å². The maximum absolute atomic E-state index is 11.4. The van der Waals surface area contributed by atoms with Crippen molar-refractivity contribution in [1.29, 1.82) is 0 Å². The lowest BCUT2D eigenvalue weighted by Crippen LogP contribution is -2.33. The van der Waals surface area contributed by atoms with Crippen LogP contribution in [0.15, 0.2) is 18.3 Å². The number of aromatic nitrogens is 1. The van der Waals surface area contributed by atoms with Gasteiger partial charge in [0.05, 0.1) is 13.1 Å². The summed E-state index contributed by atoms with van der Waals surface area (Å²) in [6.07, 6.45) is 1.46. The van der Waals surface area contributed by atoms with E-state index < -0.39 is 11.8 Å². The molecule has 2 amide bonds. The van der Waals surface area contributed by atoms with Crippen molar-refractivity contribution in [2.45, 2.75) is 0 Å². The Morgan fingerprint density at radius 1 is 1.41 bits per heavy atom. The summed E-state index contributed by atoms with van der Waals surface area (Å²) in [5.41, 5.74) is 11.0. The molecule has 0 aliphatic heterocycles. The van der Waals surface area contributed by atoms with Crippen LogP contribution < -0.4 is 16.8 Å². The SMILES string of the molecule is NCC#Cc1ccc(C(=O)NCC(N)=O)nc1. The molecule has 0 fully saturated rings. The lowest BCUT2D eigenvalue weighted by Gasteiger charge is -2.01. The van der Waals surface area contributed by atoms with Crippen LogP contribution in [0, 0.1) is 11.8 Å². The van der Waals surface area contributed by atoms with E-state index in [1.54, 1.807) is 6.07 Å². The summed E-state index contributed by atoms with van der Waals surface area (Å²) in [7, 11) is 0. The topological polar surface area (TPSA) is 111 Å². The minimum atomic E-state index is -0.608. The quantitative estimate of drug-likeness (QED) is 0.557. The van der Waals surface area contributed by atoms with Crippen molar-refractivity contribution < 1.29 is 9.59 Å². The third-order valence-electron chi connectivity index (χ3n) is 1.75. The first-order valence-electron chi connectivity index (χ1n) is 4.85. The number of nitrogens with two attached hydrogens (primary N) is 2. The fourth-order valence-corrected chi connectivity index (χ4v) is 1.01. The normalized spacial score (nSPS) is 9.00. The summed E-state index contributed by atoms with van der Waals surface area (Å²) in [4.78, 5) is 25.8. The zero-order chi connectivity index (χ0) is 12.7. The molecular formula is C11H12N4O2. The Balaban J connectivity index is 2.67. The highest BCUT2D eigenvalue weighted by Crippen LogP contribution is 1.98. The molecule has 1 aromatic heterocycles. The van der Waals surface area contributed by atoms with Crippen LogP contribution in [-0.2, 0) is 4.79 Å². The largest absolute Gasteiger partial charge is 0.368 e. The molecule has 88 valence electrons. The van der Waals surface area contributed by atoms with Crippen LogP contribution in [0.3, 0.4) is 0 Å². The number of nitrogens with one attached hydrogen (secondary N) is 1. The number of nitrogens with zero attached hydrogens (tertiary/aromatic N) is 1. The zero-order valence-corrected chi connectivity index (χ0v) is 9.06. The van der Waals surface area contributed by atoms with Gasteiger partial charge in [0.1, 0.15) is 5.69 Å². The molecule has 1 rings (SSSR count). The minimum absolute atomic E-state index is 0.199. The van der Waals surface area contributed by atoms with Crippen LogP contribution in [0.25, 0.3) is 0 Å². The summed E-state index contributed by atoms with van der Waals surface area (Å²) in [6, 6.07) is 3.16. The maximum Gasteiger partial charge on any atom is 0.270 e. The molecule has 0 aliphatic carbocycles. The van der Waals surface area contributed by atoms with Gasteiger partial charge < -0.3 is 16.8 Å². The average molecular weight is 232 g/mol. The number of carbonyl (C=O) groups is 2. The molecule has 0 radical (unpaired) electrons. The molecule has 0 saturated heterocycles. The first-order chi connectivity index (χ1) is 8.13. The van der Waals surface area contributed by atoms with Crippen molar-refractivity contribution in [1.82, 2.24) is 10.3 Å². The van der Waals surface area contributed by atoms with E-state index in [1.807, 2.05) is 0 Å². The van der Waals surface area contributed by atoms with E-state index in [9.17, 15) is 9.59 Å². The van der Waals surface area contributed by atoms with Gasteiger partial charge in [-0.15, -0.1) is 0 Å². The smallest absolute Gasteiger partial charge is 0.270 e. The molecular weight excluding hydrogens is 220 g/mol. The molecule has 17 heavy (non-hydrogen) atoms. The maximum atomic E-state index is 11.4. The van der Waals surface area contributed by atoms with Gasteiger partial charge in [-0.05, 0) is 12.1 Å². The van der Waals surface area contributed by atoms with E-state index in [2.05, 4.69) is 22.1 Å². The molecule has 5 N–H and O–H groups in total. The van der Waals surface area contributed by atoms with E-state index in [1.165, 1.54) is 12.3 Å². The van der Waals surface area contributed by atoms with Gasteiger partial charge in [0.15, 0.2) is 0 Å². The van der Waals surface area contributed by atoms with E-state index in [-0.39, 0.29) is 18.8 Å². The molecule has 0 unspecified atom stereocenters. The monoisotopic (exact) mass is 232 g/mol. The van der Waals surface area contributed by atoms with Crippen LogP contribution in [-0.4, -0.2) is 29.9 Å².